The fourth-order valence-electron chi connectivity index (χ4n) is 1.10. The zero-order chi connectivity index (χ0) is 15.1. The van der Waals surface area contributed by atoms with Gasteiger partial charge in [0, 0.05) is 0 Å². The molecular formula is C16H29NO2. The van der Waals surface area contributed by atoms with Gasteiger partial charge in [-0.25, -0.2) is 0 Å². The molecule has 0 aromatic heterocycles. The van der Waals surface area contributed by atoms with Crippen molar-refractivity contribution in [1.82, 2.24) is 5.48 Å². The van der Waals surface area contributed by atoms with Crippen molar-refractivity contribution in [3.63, 3.8) is 0 Å². The molecule has 0 aromatic rings. The first-order valence-electron chi connectivity index (χ1n) is 6.82. The third kappa shape index (κ3) is 6.08. The Kier molecular flexibility index (Phi) is 7.09. The van der Waals surface area contributed by atoms with Gasteiger partial charge in [-0.3, -0.25) is 10.3 Å². The van der Waals surface area contributed by atoms with E-state index in [4.69, 9.17) is 4.84 Å². The molecule has 0 fully saturated rings. The van der Waals surface area contributed by atoms with Gasteiger partial charge in [-0.2, -0.15) is 0 Å². The molecule has 0 radical (unpaired) electrons. The van der Waals surface area contributed by atoms with Gasteiger partial charge in [0.15, 0.2) is 0 Å². The van der Waals surface area contributed by atoms with Crippen LogP contribution in [0.5, 0.6) is 0 Å². The standard InChI is InChI=1S/C16H29NO2/c1-8-10-12-13(3)14(11-9-2)17-19-16(6,7)15(4,5)18/h9-12,17-18H,8H2,1-7H3/b11-9-,12-10+,14-13+. The van der Waals surface area contributed by atoms with Crippen LogP contribution in [0.15, 0.2) is 35.6 Å². The molecular weight excluding hydrogens is 238 g/mol. The van der Waals surface area contributed by atoms with Crippen molar-refractivity contribution in [1.29, 1.82) is 0 Å². The van der Waals surface area contributed by atoms with Crippen molar-refractivity contribution < 1.29 is 9.94 Å². The predicted molar refractivity (Wildman–Crippen MR) is 81.5 cm³/mol. The van der Waals surface area contributed by atoms with Crippen molar-refractivity contribution >= 4 is 0 Å². The summed E-state index contributed by atoms with van der Waals surface area (Å²) in [6.45, 7) is 13.2. The molecule has 110 valence electrons. The van der Waals surface area contributed by atoms with E-state index >= 15 is 0 Å². The first kappa shape index (κ1) is 17.9. The average molecular weight is 267 g/mol. The second-order valence-electron chi connectivity index (χ2n) is 5.68. The van der Waals surface area contributed by atoms with Gasteiger partial charge in [0.25, 0.3) is 0 Å². The van der Waals surface area contributed by atoms with E-state index in [2.05, 4.69) is 24.6 Å². The Morgan fingerprint density at radius 3 is 2.21 bits per heavy atom. The van der Waals surface area contributed by atoms with Crippen LogP contribution >= 0.6 is 0 Å². The van der Waals surface area contributed by atoms with Gasteiger partial charge < -0.3 is 5.11 Å². The lowest BCUT2D eigenvalue weighted by atomic mass is 9.90. The van der Waals surface area contributed by atoms with Gasteiger partial charge in [0.05, 0.1) is 11.3 Å². The summed E-state index contributed by atoms with van der Waals surface area (Å²) in [5.41, 5.74) is 3.30. The first-order valence-corrected chi connectivity index (χ1v) is 6.82. The molecule has 0 aromatic carbocycles. The Morgan fingerprint density at radius 1 is 1.21 bits per heavy atom. The lowest BCUT2D eigenvalue weighted by Crippen LogP contribution is -2.49. The molecule has 0 aliphatic carbocycles. The summed E-state index contributed by atoms with van der Waals surface area (Å²) in [5.74, 6) is 0. The van der Waals surface area contributed by atoms with E-state index in [1.165, 1.54) is 0 Å². The van der Waals surface area contributed by atoms with Crippen molar-refractivity contribution in [2.24, 2.45) is 0 Å². The van der Waals surface area contributed by atoms with E-state index in [1.54, 1.807) is 13.8 Å². The van der Waals surface area contributed by atoms with Gasteiger partial charge in [-0.15, -0.1) is 0 Å². The summed E-state index contributed by atoms with van der Waals surface area (Å²) < 4.78 is 0. The maximum absolute atomic E-state index is 10.1. The molecule has 3 heteroatoms. The third-order valence-corrected chi connectivity index (χ3v) is 3.25. The van der Waals surface area contributed by atoms with E-state index in [1.807, 2.05) is 39.8 Å². The molecule has 0 saturated heterocycles. The summed E-state index contributed by atoms with van der Waals surface area (Å²) in [4.78, 5) is 5.67. The van der Waals surface area contributed by atoms with E-state index < -0.39 is 11.2 Å². The number of nitrogens with one attached hydrogen (secondary N) is 1. The minimum atomic E-state index is -0.936. The molecule has 0 aliphatic rings. The molecule has 19 heavy (non-hydrogen) atoms. The van der Waals surface area contributed by atoms with Gasteiger partial charge in [0.1, 0.15) is 5.60 Å². The summed E-state index contributed by atoms with van der Waals surface area (Å²) in [7, 11) is 0. The van der Waals surface area contributed by atoms with Gasteiger partial charge in [-0.1, -0.05) is 25.2 Å². The van der Waals surface area contributed by atoms with Crippen LogP contribution < -0.4 is 5.48 Å². The van der Waals surface area contributed by atoms with Gasteiger partial charge in [-0.05, 0) is 59.6 Å². The van der Waals surface area contributed by atoms with Crippen molar-refractivity contribution in [3.05, 3.63) is 35.6 Å². The minimum Gasteiger partial charge on any atom is -0.387 e. The minimum absolute atomic E-state index is 0.700. The molecule has 0 amide bonds. The van der Waals surface area contributed by atoms with Gasteiger partial charge >= 0.3 is 0 Å². The molecule has 0 rings (SSSR count). The highest BCUT2D eigenvalue weighted by molar-refractivity contribution is 5.29. The lowest BCUT2D eigenvalue weighted by molar-refractivity contribution is -0.175. The monoisotopic (exact) mass is 267 g/mol. The van der Waals surface area contributed by atoms with E-state index in [0.717, 1.165) is 17.7 Å². The molecule has 0 saturated carbocycles. The average Bonchev–Trinajstić information content (AvgIpc) is 2.29. The second kappa shape index (κ2) is 7.51. The summed E-state index contributed by atoms with van der Waals surface area (Å²) in [6, 6.07) is 0. The van der Waals surface area contributed by atoms with Gasteiger partial charge in [0.2, 0.25) is 0 Å². The normalized spacial score (nSPS) is 15.2. The summed E-state index contributed by atoms with van der Waals surface area (Å²) in [6.07, 6.45) is 9.06. The van der Waals surface area contributed by atoms with Crippen molar-refractivity contribution in [2.45, 2.75) is 66.1 Å². The second-order valence-corrected chi connectivity index (χ2v) is 5.68. The molecule has 0 heterocycles. The van der Waals surface area contributed by atoms with Crippen LogP contribution in [0, 0.1) is 0 Å². The first-order chi connectivity index (χ1) is 8.65. The number of hydrogen-bond donors (Lipinski definition) is 2. The zero-order valence-corrected chi connectivity index (χ0v) is 13.4. The molecule has 0 spiro atoms. The summed E-state index contributed by atoms with van der Waals surface area (Å²) in [5, 5.41) is 10.1. The molecule has 2 N–H and O–H groups in total. The van der Waals surface area contributed by atoms with Crippen LogP contribution in [-0.2, 0) is 4.84 Å². The van der Waals surface area contributed by atoms with Crippen LogP contribution in [0.1, 0.15) is 54.9 Å². The molecule has 0 unspecified atom stereocenters. The van der Waals surface area contributed by atoms with E-state index in [9.17, 15) is 5.11 Å². The predicted octanol–water partition coefficient (Wildman–Crippen LogP) is 3.87. The largest absolute Gasteiger partial charge is 0.387 e. The molecule has 0 atom stereocenters. The van der Waals surface area contributed by atoms with Crippen molar-refractivity contribution in [2.75, 3.05) is 0 Å². The number of hydrogen-bond acceptors (Lipinski definition) is 3. The molecule has 0 aliphatic heterocycles. The highest BCUT2D eigenvalue weighted by Crippen LogP contribution is 2.24. The maximum Gasteiger partial charge on any atom is 0.118 e. The Bertz CT molecular complexity index is 357. The van der Waals surface area contributed by atoms with E-state index in [-0.39, 0.29) is 0 Å². The fourth-order valence-corrected chi connectivity index (χ4v) is 1.10. The van der Waals surface area contributed by atoms with Crippen LogP contribution in [-0.4, -0.2) is 16.3 Å². The third-order valence-electron chi connectivity index (χ3n) is 3.25. The van der Waals surface area contributed by atoms with Crippen LogP contribution in [0.25, 0.3) is 0 Å². The summed E-state index contributed by atoms with van der Waals surface area (Å²) >= 11 is 0. The van der Waals surface area contributed by atoms with E-state index in [0.29, 0.717) is 0 Å². The Balaban J connectivity index is 4.94. The number of aliphatic hydroxyl groups is 1. The SMILES string of the molecule is C\C=C/C(NOC(C)(C)C(C)(C)O)=C(C)\C=C\CC. The Hall–Kier alpha value is -1.06. The topological polar surface area (TPSA) is 41.5 Å². The lowest BCUT2D eigenvalue weighted by Gasteiger charge is -2.36. The smallest absolute Gasteiger partial charge is 0.118 e. The van der Waals surface area contributed by atoms with Crippen molar-refractivity contribution in [3.8, 4) is 0 Å². The maximum atomic E-state index is 10.1. The fraction of sp³-hybridized carbons (Fsp3) is 0.625. The van der Waals surface area contributed by atoms with Crippen LogP contribution in [0.3, 0.4) is 0 Å². The quantitative estimate of drug-likeness (QED) is 0.543. The molecule has 0 bridgehead atoms. The highest BCUT2D eigenvalue weighted by Gasteiger charge is 2.37. The van der Waals surface area contributed by atoms with Crippen LogP contribution in [0.4, 0.5) is 0 Å². The highest BCUT2D eigenvalue weighted by atomic mass is 16.7. The Labute approximate surface area is 118 Å². The number of allylic oxidation sites excluding steroid dienone is 5. The Morgan fingerprint density at radius 2 is 1.79 bits per heavy atom. The van der Waals surface area contributed by atoms with Crippen LogP contribution in [0.2, 0.25) is 0 Å². The number of hydroxylamine groups is 1. The number of rotatable bonds is 7. The molecule has 3 nitrogen and oxygen atoms in total. The zero-order valence-electron chi connectivity index (χ0n) is 13.4.